The van der Waals surface area contributed by atoms with E-state index in [1.165, 1.54) is 0 Å². The lowest BCUT2D eigenvalue weighted by molar-refractivity contribution is -0.145. The van der Waals surface area contributed by atoms with Gasteiger partial charge >= 0.3 is 0 Å². The Balaban J connectivity index is 1.75. The Hall–Kier alpha value is -1.40. The van der Waals surface area contributed by atoms with E-state index in [1.807, 2.05) is 23.9 Å². The molecule has 0 spiro atoms. The Labute approximate surface area is 138 Å². The summed E-state index contributed by atoms with van der Waals surface area (Å²) in [5.41, 5.74) is -0.512. The molecule has 128 valence electrons. The van der Waals surface area contributed by atoms with Crippen molar-refractivity contribution in [2.24, 2.45) is 5.92 Å². The Morgan fingerprint density at radius 3 is 2.96 bits per heavy atom. The number of nitrogens with zero attached hydrogens (tertiary/aromatic N) is 3. The summed E-state index contributed by atoms with van der Waals surface area (Å²) in [5, 5.41) is 7.78. The zero-order valence-electron chi connectivity index (χ0n) is 14.0. The molecule has 1 atom stereocenters. The van der Waals surface area contributed by atoms with Crippen LogP contribution in [-0.4, -0.2) is 60.0 Å². The molecule has 0 bridgehead atoms. The molecule has 2 fully saturated rings. The lowest BCUT2D eigenvalue weighted by Gasteiger charge is -2.42. The van der Waals surface area contributed by atoms with Crippen LogP contribution in [-0.2, 0) is 15.1 Å². The first-order chi connectivity index (χ1) is 11.3. The molecule has 0 radical (unpaired) electrons. The highest BCUT2D eigenvalue weighted by molar-refractivity contribution is 5.84. The summed E-state index contributed by atoms with van der Waals surface area (Å²) in [6.45, 7) is 6.92. The zero-order valence-corrected chi connectivity index (χ0v) is 14.0. The molecule has 2 saturated heterocycles. The van der Waals surface area contributed by atoms with E-state index in [1.54, 1.807) is 6.20 Å². The highest BCUT2D eigenvalue weighted by Gasteiger charge is 2.45. The maximum atomic E-state index is 13.4. The third-order valence-electron chi connectivity index (χ3n) is 5.14. The van der Waals surface area contributed by atoms with Crippen molar-refractivity contribution in [2.75, 3.05) is 39.4 Å². The van der Waals surface area contributed by atoms with Crippen molar-refractivity contribution in [3.8, 4) is 0 Å². The summed E-state index contributed by atoms with van der Waals surface area (Å²) < 4.78 is 7.47. The number of aromatic nitrogens is 2. The molecule has 1 unspecified atom stereocenters. The average molecular weight is 320 g/mol. The van der Waals surface area contributed by atoms with Crippen LogP contribution in [0.5, 0.6) is 0 Å². The normalized spacial score (nSPS) is 24.6. The van der Waals surface area contributed by atoms with Crippen molar-refractivity contribution in [1.82, 2.24) is 20.0 Å². The molecular weight excluding hydrogens is 292 g/mol. The van der Waals surface area contributed by atoms with Gasteiger partial charge in [0.15, 0.2) is 0 Å². The van der Waals surface area contributed by atoms with Crippen molar-refractivity contribution in [3.05, 3.63) is 18.5 Å². The summed E-state index contributed by atoms with van der Waals surface area (Å²) in [5.74, 6) is 0.702. The highest BCUT2D eigenvalue weighted by Crippen LogP contribution is 2.31. The molecule has 1 N–H and O–H groups in total. The van der Waals surface area contributed by atoms with Crippen LogP contribution in [0.2, 0.25) is 0 Å². The lowest BCUT2D eigenvalue weighted by atomic mass is 9.85. The summed E-state index contributed by atoms with van der Waals surface area (Å²) >= 11 is 0. The molecule has 2 aliphatic rings. The van der Waals surface area contributed by atoms with E-state index in [-0.39, 0.29) is 5.91 Å². The van der Waals surface area contributed by atoms with E-state index < -0.39 is 5.54 Å². The van der Waals surface area contributed by atoms with Crippen LogP contribution >= 0.6 is 0 Å². The Bertz CT molecular complexity index is 497. The van der Waals surface area contributed by atoms with Crippen LogP contribution in [0.15, 0.2) is 18.5 Å². The molecular formula is C17H28N4O2. The van der Waals surface area contributed by atoms with Crippen LogP contribution in [0.1, 0.15) is 32.6 Å². The topological polar surface area (TPSA) is 59.4 Å². The van der Waals surface area contributed by atoms with Gasteiger partial charge in [-0.1, -0.05) is 0 Å². The number of ether oxygens (including phenoxy) is 1. The van der Waals surface area contributed by atoms with Gasteiger partial charge in [0.05, 0.1) is 6.61 Å². The second-order valence-electron chi connectivity index (χ2n) is 6.65. The van der Waals surface area contributed by atoms with Gasteiger partial charge in [0, 0.05) is 32.1 Å². The number of nitrogens with one attached hydrogen (secondary N) is 1. The maximum absolute atomic E-state index is 13.4. The van der Waals surface area contributed by atoms with Gasteiger partial charge in [-0.3, -0.25) is 9.48 Å². The molecule has 1 aromatic rings. The standard InChI is InChI=1S/C17H28N4O2/c1-2-23-14-15-5-3-11-20(13-15)16(22)17(6-9-18-10-7-17)21-12-4-8-19-21/h4,8,12,15,18H,2-3,5-7,9-11,13-14H2,1H3. The molecule has 0 aromatic carbocycles. The number of amides is 1. The van der Waals surface area contributed by atoms with Crippen LogP contribution in [0.4, 0.5) is 0 Å². The zero-order chi connectivity index (χ0) is 16.1. The summed E-state index contributed by atoms with van der Waals surface area (Å²) in [7, 11) is 0. The number of hydrogen-bond acceptors (Lipinski definition) is 4. The van der Waals surface area contributed by atoms with E-state index in [4.69, 9.17) is 4.74 Å². The van der Waals surface area contributed by atoms with Gasteiger partial charge in [0.25, 0.3) is 5.91 Å². The van der Waals surface area contributed by atoms with E-state index in [0.29, 0.717) is 5.92 Å². The SMILES string of the molecule is CCOCC1CCCN(C(=O)C2(n3cccn3)CCNCC2)C1. The number of carbonyl (C=O) groups is 1. The van der Waals surface area contributed by atoms with Crippen molar-refractivity contribution in [2.45, 2.75) is 38.1 Å². The third-order valence-corrected chi connectivity index (χ3v) is 5.14. The smallest absolute Gasteiger partial charge is 0.250 e. The number of piperidine rings is 2. The van der Waals surface area contributed by atoms with Gasteiger partial charge in [-0.05, 0) is 57.7 Å². The molecule has 0 saturated carbocycles. The van der Waals surface area contributed by atoms with Crippen LogP contribution < -0.4 is 5.32 Å². The van der Waals surface area contributed by atoms with Gasteiger partial charge in [-0.15, -0.1) is 0 Å². The predicted molar refractivity (Wildman–Crippen MR) is 88.1 cm³/mol. The minimum atomic E-state index is -0.512. The predicted octanol–water partition coefficient (Wildman–Crippen LogP) is 1.24. The molecule has 1 amide bonds. The maximum Gasteiger partial charge on any atom is 0.250 e. The monoisotopic (exact) mass is 320 g/mol. The van der Waals surface area contributed by atoms with E-state index in [9.17, 15) is 4.79 Å². The Kier molecular flexibility index (Phi) is 5.33. The number of rotatable bonds is 5. The van der Waals surface area contributed by atoms with Crippen molar-refractivity contribution in [3.63, 3.8) is 0 Å². The van der Waals surface area contributed by atoms with Crippen LogP contribution in [0, 0.1) is 5.92 Å². The first-order valence-corrected chi connectivity index (χ1v) is 8.84. The molecule has 6 heteroatoms. The largest absolute Gasteiger partial charge is 0.381 e. The lowest BCUT2D eigenvalue weighted by Crippen LogP contribution is -2.57. The van der Waals surface area contributed by atoms with Gasteiger partial charge in [-0.25, -0.2) is 0 Å². The minimum absolute atomic E-state index is 0.240. The van der Waals surface area contributed by atoms with E-state index in [0.717, 1.165) is 65.1 Å². The fourth-order valence-corrected chi connectivity index (χ4v) is 3.87. The van der Waals surface area contributed by atoms with Crippen LogP contribution in [0.25, 0.3) is 0 Å². The van der Waals surface area contributed by atoms with E-state index in [2.05, 4.69) is 15.3 Å². The Morgan fingerprint density at radius 1 is 1.43 bits per heavy atom. The number of carbonyl (C=O) groups excluding carboxylic acids is 1. The van der Waals surface area contributed by atoms with Crippen molar-refractivity contribution >= 4 is 5.91 Å². The van der Waals surface area contributed by atoms with Crippen molar-refractivity contribution < 1.29 is 9.53 Å². The minimum Gasteiger partial charge on any atom is -0.381 e. The third kappa shape index (κ3) is 3.43. The molecule has 23 heavy (non-hydrogen) atoms. The first-order valence-electron chi connectivity index (χ1n) is 8.84. The summed E-state index contributed by atoms with van der Waals surface area (Å²) in [4.78, 5) is 15.4. The first kappa shape index (κ1) is 16.5. The van der Waals surface area contributed by atoms with E-state index >= 15 is 0 Å². The number of hydrogen-bond donors (Lipinski definition) is 1. The quantitative estimate of drug-likeness (QED) is 0.887. The van der Waals surface area contributed by atoms with Crippen molar-refractivity contribution in [1.29, 1.82) is 0 Å². The molecule has 6 nitrogen and oxygen atoms in total. The average Bonchev–Trinajstić information content (AvgIpc) is 3.15. The fraction of sp³-hybridized carbons (Fsp3) is 0.765. The van der Waals surface area contributed by atoms with Gasteiger partial charge in [0.1, 0.15) is 5.54 Å². The summed E-state index contributed by atoms with van der Waals surface area (Å²) in [6, 6.07) is 1.91. The molecule has 3 heterocycles. The van der Waals surface area contributed by atoms with Gasteiger partial charge in [-0.2, -0.15) is 5.10 Å². The van der Waals surface area contributed by atoms with Gasteiger partial charge in [0.2, 0.25) is 0 Å². The molecule has 1 aromatic heterocycles. The van der Waals surface area contributed by atoms with Crippen LogP contribution in [0.3, 0.4) is 0 Å². The second kappa shape index (κ2) is 7.45. The second-order valence-corrected chi connectivity index (χ2v) is 6.65. The molecule has 2 aliphatic heterocycles. The fourth-order valence-electron chi connectivity index (χ4n) is 3.87. The molecule has 3 rings (SSSR count). The number of likely N-dealkylation sites (tertiary alicyclic amines) is 1. The Morgan fingerprint density at radius 2 is 2.26 bits per heavy atom. The summed E-state index contributed by atoms with van der Waals surface area (Å²) in [6.07, 6.45) is 7.54. The highest BCUT2D eigenvalue weighted by atomic mass is 16.5. The molecule has 0 aliphatic carbocycles. The van der Waals surface area contributed by atoms with Gasteiger partial charge < -0.3 is 15.0 Å².